The molecule has 0 spiro atoms. The van der Waals surface area contributed by atoms with Crippen molar-refractivity contribution >= 4 is 0 Å². The monoisotopic (exact) mass is 464 g/mol. The highest BCUT2D eigenvalue weighted by Crippen LogP contribution is 1.93. The molecule has 0 atom stereocenters. The molecule has 0 aliphatic carbocycles. The standard InChI is InChI=1S/2C7H8.2C6H7N.C5H6N2/c2*1-7-5-3-2-4-6-7;1-6-3-2-4-7-5-6;1-6-4-2-3-5-7-6;1-5-6-3-2-4-7-5/h2*2-6H,1H3;2*2-5H,1H3;2-4H,1H3. The summed E-state index contributed by atoms with van der Waals surface area (Å²) in [6.07, 6.45) is 8.84. The average molecular weight is 465 g/mol. The molecule has 3 heterocycles. The predicted molar refractivity (Wildman–Crippen MR) is 147 cm³/mol. The number of aromatic nitrogens is 4. The minimum absolute atomic E-state index is 0.822. The van der Waals surface area contributed by atoms with Gasteiger partial charge in [0.15, 0.2) is 0 Å². The van der Waals surface area contributed by atoms with E-state index in [1.165, 1.54) is 16.7 Å². The number of hydrogen-bond donors (Lipinski definition) is 0. The normalized spacial score (nSPS) is 8.71. The molecular weight excluding hydrogens is 428 g/mol. The van der Waals surface area contributed by atoms with Gasteiger partial charge in [-0.3, -0.25) is 9.97 Å². The van der Waals surface area contributed by atoms with Gasteiger partial charge in [0.25, 0.3) is 0 Å². The maximum Gasteiger partial charge on any atom is 0.125 e. The lowest BCUT2D eigenvalue weighted by atomic mass is 10.2. The molecule has 2 aromatic carbocycles. The topological polar surface area (TPSA) is 51.6 Å². The number of hydrogen-bond acceptors (Lipinski definition) is 4. The highest BCUT2D eigenvalue weighted by atomic mass is 14.8. The van der Waals surface area contributed by atoms with Crippen LogP contribution in [0.5, 0.6) is 0 Å². The van der Waals surface area contributed by atoms with Crippen LogP contribution < -0.4 is 0 Å². The molecule has 0 unspecified atom stereocenters. The van der Waals surface area contributed by atoms with Crippen molar-refractivity contribution in [3.05, 3.63) is 156 Å². The molecule has 3 aromatic heterocycles. The van der Waals surface area contributed by atoms with Gasteiger partial charge >= 0.3 is 0 Å². The summed E-state index contributed by atoms with van der Waals surface area (Å²) in [5.41, 5.74) is 4.93. The number of aryl methyl sites for hydroxylation is 5. The predicted octanol–water partition coefficient (Wildman–Crippen LogP) is 7.56. The highest BCUT2D eigenvalue weighted by Gasteiger charge is 1.76. The van der Waals surface area contributed by atoms with Crippen LogP contribution in [0.3, 0.4) is 0 Å². The van der Waals surface area contributed by atoms with Gasteiger partial charge in [-0.05, 0) is 64.4 Å². The molecule has 0 amide bonds. The van der Waals surface area contributed by atoms with Crippen LogP contribution in [0.2, 0.25) is 0 Å². The summed E-state index contributed by atoms with van der Waals surface area (Å²) >= 11 is 0. The van der Waals surface area contributed by atoms with E-state index < -0.39 is 0 Å². The van der Waals surface area contributed by atoms with Crippen molar-refractivity contribution in [3.8, 4) is 0 Å². The second kappa shape index (κ2) is 19.3. The molecule has 5 rings (SSSR count). The van der Waals surface area contributed by atoms with Crippen LogP contribution in [0.1, 0.15) is 28.2 Å². The minimum Gasteiger partial charge on any atom is -0.264 e. The Labute approximate surface area is 210 Å². The van der Waals surface area contributed by atoms with Gasteiger partial charge in [0.2, 0.25) is 0 Å². The van der Waals surface area contributed by atoms with Crippen molar-refractivity contribution in [3.63, 3.8) is 0 Å². The lowest BCUT2D eigenvalue weighted by Crippen LogP contribution is -1.80. The van der Waals surface area contributed by atoms with Crippen molar-refractivity contribution in [2.45, 2.75) is 34.6 Å². The largest absolute Gasteiger partial charge is 0.264 e. The molecule has 35 heavy (non-hydrogen) atoms. The molecular formula is C31H36N4. The fourth-order valence-electron chi connectivity index (χ4n) is 2.34. The van der Waals surface area contributed by atoms with E-state index in [0.717, 1.165) is 11.5 Å². The zero-order valence-electron chi connectivity index (χ0n) is 21.4. The molecule has 0 aliphatic heterocycles. The summed E-state index contributed by atoms with van der Waals surface area (Å²) in [6, 6.07) is 32.1. The molecule has 0 fully saturated rings. The SMILES string of the molecule is Cc1ccccc1.Cc1ccccc1.Cc1ccccn1.Cc1cccnc1.Cc1ncccn1. The first-order valence-electron chi connectivity index (χ1n) is 11.5. The maximum atomic E-state index is 3.98. The quantitative estimate of drug-likeness (QED) is 0.237. The van der Waals surface area contributed by atoms with Crippen LogP contribution >= 0.6 is 0 Å². The summed E-state index contributed by atoms with van der Waals surface area (Å²) in [6.45, 7) is 10.0. The third-order valence-corrected chi connectivity index (χ3v) is 4.20. The van der Waals surface area contributed by atoms with E-state index in [2.05, 4.69) is 58.0 Å². The van der Waals surface area contributed by atoms with E-state index in [4.69, 9.17) is 0 Å². The molecule has 0 N–H and O–H groups in total. The highest BCUT2D eigenvalue weighted by molar-refractivity contribution is 5.12. The van der Waals surface area contributed by atoms with Gasteiger partial charge in [-0.2, -0.15) is 0 Å². The Hall–Kier alpha value is -4.18. The zero-order valence-corrected chi connectivity index (χ0v) is 21.4. The fraction of sp³-hybridized carbons (Fsp3) is 0.161. The van der Waals surface area contributed by atoms with Gasteiger partial charge in [0.1, 0.15) is 5.82 Å². The Morgan fingerprint density at radius 1 is 0.400 bits per heavy atom. The molecule has 4 nitrogen and oxygen atoms in total. The number of pyridine rings is 2. The third-order valence-electron chi connectivity index (χ3n) is 4.20. The van der Waals surface area contributed by atoms with Gasteiger partial charge in [-0.15, -0.1) is 0 Å². The molecule has 0 radical (unpaired) electrons. The van der Waals surface area contributed by atoms with Crippen molar-refractivity contribution in [1.29, 1.82) is 0 Å². The van der Waals surface area contributed by atoms with E-state index in [-0.39, 0.29) is 0 Å². The molecule has 0 bridgehead atoms. The first-order valence-corrected chi connectivity index (χ1v) is 11.5. The molecule has 5 aromatic rings. The van der Waals surface area contributed by atoms with Crippen LogP contribution in [0.25, 0.3) is 0 Å². The van der Waals surface area contributed by atoms with Gasteiger partial charge in [0.05, 0.1) is 0 Å². The van der Waals surface area contributed by atoms with Crippen molar-refractivity contribution < 1.29 is 0 Å². The Kier molecular flexibility index (Phi) is 15.9. The van der Waals surface area contributed by atoms with Gasteiger partial charge in [0, 0.05) is 36.7 Å². The molecule has 180 valence electrons. The Morgan fingerprint density at radius 2 is 0.886 bits per heavy atom. The van der Waals surface area contributed by atoms with Gasteiger partial charge in [-0.25, -0.2) is 9.97 Å². The first kappa shape index (κ1) is 28.9. The van der Waals surface area contributed by atoms with Crippen molar-refractivity contribution in [1.82, 2.24) is 19.9 Å². The summed E-state index contributed by atoms with van der Waals surface area (Å²) in [5, 5.41) is 0. The van der Waals surface area contributed by atoms with Crippen molar-refractivity contribution in [2.75, 3.05) is 0 Å². The maximum absolute atomic E-state index is 3.98. The number of benzene rings is 2. The fourth-order valence-corrected chi connectivity index (χ4v) is 2.34. The lowest BCUT2D eigenvalue weighted by Gasteiger charge is -1.82. The van der Waals surface area contributed by atoms with Gasteiger partial charge < -0.3 is 0 Å². The summed E-state index contributed by atoms with van der Waals surface area (Å²) < 4.78 is 0. The summed E-state index contributed by atoms with van der Waals surface area (Å²) in [4.78, 5) is 15.6. The Bertz CT molecular complexity index is 885. The van der Waals surface area contributed by atoms with E-state index in [1.54, 1.807) is 30.9 Å². The smallest absolute Gasteiger partial charge is 0.125 e. The first-order chi connectivity index (χ1) is 17.0. The van der Waals surface area contributed by atoms with Crippen LogP contribution in [0.15, 0.2) is 128 Å². The molecule has 4 heteroatoms. The second-order valence-electron chi connectivity index (χ2n) is 7.61. The summed E-state index contributed by atoms with van der Waals surface area (Å²) in [5.74, 6) is 0.822. The lowest BCUT2D eigenvalue weighted by molar-refractivity contribution is 1.05. The van der Waals surface area contributed by atoms with Crippen LogP contribution in [-0.4, -0.2) is 19.9 Å². The second-order valence-corrected chi connectivity index (χ2v) is 7.61. The van der Waals surface area contributed by atoms with E-state index in [1.807, 2.05) is 93.7 Å². The third kappa shape index (κ3) is 18.0. The summed E-state index contributed by atoms with van der Waals surface area (Å²) in [7, 11) is 0. The number of nitrogens with zero attached hydrogens (tertiary/aromatic N) is 4. The van der Waals surface area contributed by atoms with Crippen LogP contribution in [0, 0.1) is 34.6 Å². The van der Waals surface area contributed by atoms with Gasteiger partial charge in [-0.1, -0.05) is 83.9 Å². The molecule has 0 saturated carbocycles. The zero-order chi connectivity index (χ0) is 25.6. The Balaban J connectivity index is 0.000000219. The van der Waals surface area contributed by atoms with Crippen molar-refractivity contribution in [2.24, 2.45) is 0 Å². The van der Waals surface area contributed by atoms with Crippen LogP contribution in [0.4, 0.5) is 0 Å². The van der Waals surface area contributed by atoms with E-state index >= 15 is 0 Å². The van der Waals surface area contributed by atoms with E-state index in [0.29, 0.717) is 0 Å². The van der Waals surface area contributed by atoms with E-state index in [9.17, 15) is 0 Å². The van der Waals surface area contributed by atoms with Crippen LogP contribution in [-0.2, 0) is 0 Å². The Morgan fingerprint density at radius 3 is 1.11 bits per heavy atom. The average Bonchev–Trinajstić information content (AvgIpc) is 2.88. The minimum atomic E-state index is 0.822. The number of rotatable bonds is 0. The molecule has 0 aliphatic rings. The molecule has 0 saturated heterocycles.